The van der Waals surface area contributed by atoms with E-state index in [2.05, 4.69) is 34.7 Å². The number of piperazine rings is 1. The van der Waals surface area contributed by atoms with Crippen LogP contribution >= 0.6 is 0 Å². The maximum Gasteiger partial charge on any atom is 0.253 e. The second-order valence-corrected chi connectivity index (χ2v) is 10.3. The highest BCUT2D eigenvalue weighted by Crippen LogP contribution is 2.17. The van der Waals surface area contributed by atoms with Gasteiger partial charge in [-0.15, -0.1) is 0 Å². The van der Waals surface area contributed by atoms with Gasteiger partial charge in [0, 0.05) is 51.4 Å². The number of rotatable bonds is 7. The summed E-state index contributed by atoms with van der Waals surface area (Å²) < 4.78 is 33.5. The smallest absolute Gasteiger partial charge is 0.253 e. The third-order valence-corrected chi connectivity index (χ3v) is 7.65. The number of amides is 1. The first-order valence-corrected chi connectivity index (χ1v) is 12.7. The average Bonchev–Trinajstić information content (AvgIpc) is 3.33. The van der Waals surface area contributed by atoms with E-state index < -0.39 is 10.0 Å². The Hall–Kier alpha value is -2.26. The van der Waals surface area contributed by atoms with Gasteiger partial charge in [-0.1, -0.05) is 30.3 Å². The second-order valence-electron chi connectivity index (χ2n) is 8.51. The van der Waals surface area contributed by atoms with Crippen LogP contribution in [0.4, 0.5) is 0 Å². The zero-order valence-electron chi connectivity index (χ0n) is 18.5. The molecule has 2 fully saturated rings. The zero-order chi connectivity index (χ0) is 22.6. The Balaban J connectivity index is 1.35. The summed E-state index contributed by atoms with van der Waals surface area (Å²) in [5.41, 5.74) is 2.98. The molecule has 0 bridgehead atoms. The summed E-state index contributed by atoms with van der Waals surface area (Å²) in [6.45, 7) is 6.75. The number of aryl methyl sites for hydroxylation is 1. The van der Waals surface area contributed by atoms with Gasteiger partial charge in [-0.25, -0.2) is 13.1 Å². The molecule has 2 aliphatic rings. The molecule has 32 heavy (non-hydrogen) atoms. The molecule has 8 heteroatoms. The lowest BCUT2D eigenvalue weighted by Crippen LogP contribution is -2.48. The van der Waals surface area contributed by atoms with Crippen molar-refractivity contribution < 1.29 is 17.9 Å². The van der Waals surface area contributed by atoms with Gasteiger partial charge < -0.3 is 9.64 Å². The molecular weight excluding hydrogens is 426 g/mol. The number of hydrogen-bond acceptors (Lipinski definition) is 5. The van der Waals surface area contributed by atoms with Crippen LogP contribution in [0, 0.1) is 6.92 Å². The van der Waals surface area contributed by atoms with Crippen LogP contribution in [0.5, 0.6) is 0 Å². The van der Waals surface area contributed by atoms with Gasteiger partial charge in [-0.2, -0.15) is 0 Å². The van der Waals surface area contributed by atoms with Crippen molar-refractivity contribution in [1.29, 1.82) is 0 Å². The summed E-state index contributed by atoms with van der Waals surface area (Å²) in [4.78, 5) is 17.3. The molecule has 0 aromatic heterocycles. The number of hydrogen-bond donors (Lipinski definition) is 1. The fraction of sp³-hybridized carbons (Fsp3) is 0.458. The number of carbonyl (C=O) groups excluding carboxylic acids is 1. The molecule has 0 aliphatic carbocycles. The van der Waals surface area contributed by atoms with Gasteiger partial charge in [-0.05, 0) is 49.1 Å². The lowest BCUT2D eigenvalue weighted by Gasteiger charge is -2.35. The summed E-state index contributed by atoms with van der Waals surface area (Å²) in [6.07, 6.45) is 1.73. The molecule has 4 rings (SSSR count). The third kappa shape index (κ3) is 5.56. The average molecular weight is 458 g/mol. The normalized spacial score (nSPS) is 19.9. The van der Waals surface area contributed by atoms with Crippen LogP contribution in [0.25, 0.3) is 0 Å². The van der Waals surface area contributed by atoms with Crippen molar-refractivity contribution in [3.8, 4) is 0 Å². The standard InChI is InChI=1S/C24H31N3O4S/c1-19-6-2-3-7-21(19)18-26-11-13-27(14-12-26)24(28)20-8-4-10-23(16-20)32(29,30)25-17-22-9-5-15-31-22/h2-4,6-8,10,16,22,25H,5,9,11-15,17-18H2,1H3. The van der Waals surface area contributed by atoms with Crippen LogP contribution in [0.1, 0.15) is 34.3 Å². The SMILES string of the molecule is Cc1ccccc1CN1CCN(C(=O)c2cccc(S(=O)(=O)NCC3CCCO3)c2)CC1. The molecule has 0 radical (unpaired) electrons. The van der Waals surface area contributed by atoms with E-state index in [1.165, 1.54) is 23.3 Å². The number of benzene rings is 2. The minimum absolute atomic E-state index is 0.0782. The summed E-state index contributed by atoms with van der Waals surface area (Å²) in [5.74, 6) is -0.128. The topological polar surface area (TPSA) is 79.0 Å². The van der Waals surface area contributed by atoms with Crippen molar-refractivity contribution in [2.45, 2.75) is 37.3 Å². The van der Waals surface area contributed by atoms with E-state index in [0.717, 1.165) is 32.5 Å². The van der Waals surface area contributed by atoms with Gasteiger partial charge >= 0.3 is 0 Å². The highest BCUT2D eigenvalue weighted by molar-refractivity contribution is 7.89. The fourth-order valence-electron chi connectivity index (χ4n) is 4.21. The predicted octanol–water partition coefficient (Wildman–Crippen LogP) is 2.41. The molecule has 1 atom stereocenters. The summed E-state index contributed by atoms with van der Waals surface area (Å²) in [6, 6.07) is 14.7. The lowest BCUT2D eigenvalue weighted by molar-refractivity contribution is 0.0628. The molecule has 0 spiro atoms. The highest BCUT2D eigenvalue weighted by Gasteiger charge is 2.25. The van der Waals surface area contributed by atoms with Crippen molar-refractivity contribution >= 4 is 15.9 Å². The second kappa shape index (κ2) is 10.1. The molecule has 172 valence electrons. The van der Waals surface area contributed by atoms with Crippen LogP contribution in [0.3, 0.4) is 0 Å². The van der Waals surface area contributed by atoms with Crippen LogP contribution in [-0.2, 0) is 21.3 Å². The van der Waals surface area contributed by atoms with Crippen molar-refractivity contribution in [2.24, 2.45) is 0 Å². The van der Waals surface area contributed by atoms with Gasteiger partial charge in [0.1, 0.15) is 0 Å². The molecule has 2 aromatic carbocycles. The Kier molecular flexibility index (Phi) is 7.25. The van der Waals surface area contributed by atoms with Gasteiger partial charge in [-0.3, -0.25) is 9.69 Å². The maximum absolute atomic E-state index is 13.0. The first-order valence-electron chi connectivity index (χ1n) is 11.2. The fourth-order valence-corrected chi connectivity index (χ4v) is 5.32. The monoisotopic (exact) mass is 457 g/mol. The highest BCUT2D eigenvalue weighted by atomic mass is 32.2. The van der Waals surface area contributed by atoms with E-state index >= 15 is 0 Å². The molecule has 7 nitrogen and oxygen atoms in total. The Morgan fingerprint density at radius 3 is 2.59 bits per heavy atom. The van der Waals surface area contributed by atoms with Gasteiger partial charge in [0.2, 0.25) is 10.0 Å². The summed E-state index contributed by atoms with van der Waals surface area (Å²) in [5, 5.41) is 0. The van der Waals surface area contributed by atoms with Crippen LogP contribution in [0.15, 0.2) is 53.4 Å². The first-order chi connectivity index (χ1) is 15.4. The molecule has 1 amide bonds. The van der Waals surface area contributed by atoms with Crippen molar-refractivity contribution in [1.82, 2.24) is 14.5 Å². The molecule has 2 aliphatic heterocycles. The first kappa shape index (κ1) is 22.9. The Morgan fingerprint density at radius 2 is 1.88 bits per heavy atom. The van der Waals surface area contributed by atoms with E-state index in [1.807, 2.05) is 6.07 Å². The van der Waals surface area contributed by atoms with Crippen molar-refractivity contribution in [3.63, 3.8) is 0 Å². The number of sulfonamides is 1. The van der Waals surface area contributed by atoms with Gasteiger partial charge in [0.25, 0.3) is 5.91 Å². The molecule has 1 unspecified atom stereocenters. The minimum atomic E-state index is -3.69. The number of nitrogens with zero attached hydrogens (tertiary/aromatic N) is 2. The van der Waals surface area contributed by atoms with E-state index in [9.17, 15) is 13.2 Å². The predicted molar refractivity (Wildman–Crippen MR) is 123 cm³/mol. The quantitative estimate of drug-likeness (QED) is 0.691. The van der Waals surface area contributed by atoms with Crippen LogP contribution in [-0.4, -0.2) is 69.6 Å². The van der Waals surface area contributed by atoms with Crippen molar-refractivity contribution in [2.75, 3.05) is 39.3 Å². The molecule has 2 saturated heterocycles. The molecule has 2 aromatic rings. The third-order valence-electron chi connectivity index (χ3n) is 6.23. The van der Waals surface area contributed by atoms with E-state index in [0.29, 0.717) is 25.3 Å². The summed E-state index contributed by atoms with van der Waals surface area (Å²) in [7, 11) is -3.69. The number of nitrogens with one attached hydrogen (secondary N) is 1. The lowest BCUT2D eigenvalue weighted by atomic mass is 10.1. The largest absolute Gasteiger partial charge is 0.377 e. The Labute approximate surface area is 190 Å². The molecule has 0 saturated carbocycles. The maximum atomic E-state index is 13.0. The van der Waals surface area contributed by atoms with Gasteiger partial charge in [0.15, 0.2) is 0 Å². The zero-order valence-corrected chi connectivity index (χ0v) is 19.3. The number of ether oxygens (including phenoxy) is 1. The van der Waals surface area contributed by atoms with E-state index in [4.69, 9.17) is 4.74 Å². The van der Waals surface area contributed by atoms with Gasteiger partial charge in [0.05, 0.1) is 11.0 Å². The molecule has 1 N–H and O–H groups in total. The molecular formula is C24H31N3O4S. The van der Waals surface area contributed by atoms with E-state index in [1.54, 1.807) is 17.0 Å². The minimum Gasteiger partial charge on any atom is -0.377 e. The van der Waals surface area contributed by atoms with E-state index in [-0.39, 0.29) is 23.5 Å². The number of carbonyl (C=O) groups is 1. The Bertz CT molecular complexity index is 1040. The van der Waals surface area contributed by atoms with Crippen LogP contribution < -0.4 is 4.72 Å². The van der Waals surface area contributed by atoms with Crippen molar-refractivity contribution in [3.05, 3.63) is 65.2 Å². The van der Waals surface area contributed by atoms with Crippen LogP contribution in [0.2, 0.25) is 0 Å². The molecule has 2 heterocycles. The summed E-state index contributed by atoms with van der Waals surface area (Å²) >= 11 is 0. The Morgan fingerprint density at radius 1 is 1.09 bits per heavy atom.